The van der Waals surface area contributed by atoms with Gasteiger partial charge in [0.1, 0.15) is 0 Å². The number of carbonyl (C=O) groups is 2. The molecule has 3 heterocycles. The molecule has 4 atom stereocenters. The number of aromatic nitrogens is 2. The maximum Gasteiger partial charge on any atom is 0.233 e. The molecule has 1 aliphatic heterocycles. The first kappa shape index (κ1) is 18.4. The number of hydrogen-bond donors (Lipinski definition) is 2. The van der Waals surface area contributed by atoms with Crippen LogP contribution in [0.1, 0.15) is 18.5 Å². The summed E-state index contributed by atoms with van der Waals surface area (Å²) in [6.07, 6.45) is 9.90. The molecule has 2 fully saturated rings. The maximum atomic E-state index is 12.7. The fourth-order valence-corrected chi connectivity index (χ4v) is 5.60. The van der Waals surface area contributed by atoms with Gasteiger partial charge in [-0.1, -0.05) is 12.2 Å². The van der Waals surface area contributed by atoms with Crippen LogP contribution >= 0.6 is 11.3 Å². The number of likely N-dealkylation sites (tertiary alicyclic amines) is 1. The van der Waals surface area contributed by atoms with Gasteiger partial charge >= 0.3 is 0 Å². The first-order valence-corrected chi connectivity index (χ1v) is 10.9. The number of imide groups is 1. The molecule has 9 heteroatoms. The summed E-state index contributed by atoms with van der Waals surface area (Å²) in [5.74, 6) is 1.06. The molecular formula is C20H24N6O2S. The molecule has 1 saturated carbocycles. The molecule has 0 spiro atoms. The van der Waals surface area contributed by atoms with Crippen LogP contribution in [-0.4, -0.2) is 52.2 Å². The van der Waals surface area contributed by atoms with E-state index in [0.717, 1.165) is 17.1 Å². The number of fused-ring (bicyclic) bond motifs is 6. The quantitative estimate of drug-likeness (QED) is 0.245. The Morgan fingerprint density at radius 2 is 2.00 bits per heavy atom. The predicted molar refractivity (Wildman–Crippen MR) is 110 cm³/mol. The fraction of sp³-hybridized carbons (Fsp3) is 0.500. The second-order valence-electron chi connectivity index (χ2n) is 7.86. The number of guanidine groups is 1. The van der Waals surface area contributed by atoms with E-state index in [1.54, 1.807) is 18.4 Å². The van der Waals surface area contributed by atoms with E-state index in [2.05, 4.69) is 32.8 Å². The van der Waals surface area contributed by atoms with Crippen LogP contribution < -0.4 is 10.6 Å². The van der Waals surface area contributed by atoms with Crippen molar-refractivity contribution in [2.24, 2.45) is 28.7 Å². The highest BCUT2D eigenvalue weighted by molar-refractivity contribution is 7.15. The maximum absolute atomic E-state index is 12.7. The van der Waals surface area contributed by atoms with Crippen molar-refractivity contribution in [3.63, 3.8) is 0 Å². The topological polar surface area (TPSA) is 91.1 Å². The van der Waals surface area contributed by atoms with Crippen LogP contribution in [0.3, 0.4) is 0 Å². The molecular weight excluding hydrogens is 388 g/mol. The second kappa shape index (κ2) is 7.29. The molecule has 4 unspecified atom stereocenters. The Morgan fingerprint density at radius 3 is 2.69 bits per heavy atom. The summed E-state index contributed by atoms with van der Waals surface area (Å²) in [7, 11) is 1.72. The normalized spacial score (nSPS) is 28.0. The Bertz CT molecular complexity index is 949. The highest BCUT2D eigenvalue weighted by Gasteiger charge is 2.58. The number of imidazole rings is 1. The summed E-state index contributed by atoms with van der Waals surface area (Å²) in [5, 5.41) is 8.50. The number of carbonyl (C=O) groups excluding carboxylic acids is 2. The van der Waals surface area contributed by atoms with Gasteiger partial charge < -0.3 is 10.6 Å². The molecule has 3 aliphatic rings. The molecule has 152 valence electrons. The van der Waals surface area contributed by atoms with E-state index in [0.29, 0.717) is 32.0 Å². The van der Waals surface area contributed by atoms with Crippen molar-refractivity contribution < 1.29 is 9.59 Å². The zero-order valence-electron chi connectivity index (χ0n) is 16.2. The van der Waals surface area contributed by atoms with Crippen molar-refractivity contribution in [2.75, 3.05) is 20.1 Å². The van der Waals surface area contributed by atoms with Gasteiger partial charge in [-0.2, -0.15) is 0 Å². The Hall–Kier alpha value is -2.68. The summed E-state index contributed by atoms with van der Waals surface area (Å²) in [4.78, 5) is 36.6. The molecule has 2 aromatic rings. The van der Waals surface area contributed by atoms with Gasteiger partial charge in [0.05, 0.1) is 24.1 Å². The van der Waals surface area contributed by atoms with E-state index in [-0.39, 0.29) is 35.5 Å². The molecule has 8 nitrogen and oxygen atoms in total. The third-order valence-corrected chi connectivity index (χ3v) is 6.99. The van der Waals surface area contributed by atoms with E-state index in [1.807, 2.05) is 22.2 Å². The molecule has 2 aliphatic carbocycles. The second-order valence-corrected chi connectivity index (χ2v) is 8.73. The van der Waals surface area contributed by atoms with Gasteiger partial charge in [0.25, 0.3) is 0 Å². The molecule has 0 aromatic carbocycles. The smallest absolute Gasteiger partial charge is 0.233 e. The van der Waals surface area contributed by atoms with Crippen LogP contribution in [0.25, 0.3) is 4.96 Å². The van der Waals surface area contributed by atoms with Crippen LogP contribution in [-0.2, 0) is 16.1 Å². The average Bonchev–Trinajstić information content (AvgIpc) is 3.50. The lowest BCUT2D eigenvalue weighted by Gasteiger charge is -2.17. The summed E-state index contributed by atoms with van der Waals surface area (Å²) in [6, 6.07) is 0. The highest BCUT2D eigenvalue weighted by Crippen LogP contribution is 2.52. The molecule has 0 radical (unpaired) electrons. The summed E-state index contributed by atoms with van der Waals surface area (Å²) in [6.45, 7) is 1.68. The minimum atomic E-state index is -0.107. The van der Waals surface area contributed by atoms with E-state index in [1.165, 1.54) is 4.90 Å². The third kappa shape index (κ3) is 3.13. The minimum Gasteiger partial charge on any atom is -0.356 e. The van der Waals surface area contributed by atoms with Crippen LogP contribution in [0.15, 0.2) is 34.9 Å². The number of allylic oxidation sites excluding steroid dienone is 2. The molecule has 29 heavy (non-hydrogen) atoms. The van der Waals surface area contributed by atoms with E-state index < -0.39 is 0 Å². The van der Waals surface area contributed by atoms with Gasteiger partial charge in [-0.25, -0.2) is 4.98 Å². The lowest BCUT2D eigenvalue weighted by molar-refractivity contribution is -0.140. The van der Waals surface area contributed by atoms with Crippen LogP contribution in [0.5, 0.6) is 0 Å². The van der Waals surface area contributed by atoms with Gasteiger partial charge in [-0.05, 0) is 24.7 Å². The summed E-state index contributed by atoms with van der Waals surface area (Å²) < 4.78 is 2.00. The first-order chi connectivity index (χ1) is 14.2. The first-order valence-electron chi connectivity index (χ1n) is 10.0. The zero-order chi connectivity index (χ0) is 20.0. The predicted octanol–water partition coefficient (Wildman–Crippen LogP) is 1.26. The highest BCUT2D eigenvalue weighted by atomic mass is 32.1. The number of hydrogen-bond acceptors (Lipinski definition) is 5. The molecule has 2 aromatic heterocycles. The number of aliphatic imine (C=N–C) groups is 1. The number of thiazole rings is 1. The van der Waals surface area contributed by atoms with Crippen molar-refractivity contribution in [2.45, 2.75) is 19.4 Å². The van der Waals surface area contributed by atoms with Gasteiger partial charge in [0.15, 0.2) is 10.9 Å². The van der Waals surface area contributed by atoms with Crippen molar-refractivity contribution >= 4 is 34.1 Å². The number of amides is 2. The monoisotopic (exact) mass is 412 g/mol. The van der Waals surface area contributed by atoms with Gasteiger partial charge in [0.2, 0.25) is 11.8 Å². The van der Waals surface area contributed by atoms with Crippen LogP contribution in [0.2, 0.25) is 0 Å². The zero-order valence-corrected chi connectivity index (χ0v) is 17.1. The minimum absolute atomic E-state index is 0.0270. The van der Waals surface area contributed by atoms with E-state index in [4.69, 9.17) is 0 Å². The SMILES string of the molecule is CN=C(NCCCN1C(=O)C2C3C=CC(C3)C2C1=O)NCc1cn2ccsc2n1. The largest absolute Gasteiger partial charge is 0.356 e. The molecule has 2 amide bonds. The third-order valence-electron chi connectivity index (χ3n) is 6.22. The molecule has 2 N–H and O–H groups in total. The Morgan fingerprint density at radius 1 is 1.24 bits per heavy atom. The average molecular weight is 413 g/mol. The number of nitrogens with one attached hydrogen (secondary N) is 2. The van der Waals surface area contributed by atoms with Crippen molar-refractivity contribution in [3.05, 3.63) is 35.6 Å². The Balaban J connectivity index is 1.08. The van der Waals surface area contributed by atoms with Crippen molar-refractivity contribution in [1.29, 1.82) is 0 Å². The van der Waals surface area contributed by atoms with Gasteiger partial charge in [-0.3, -0.25) is 23.9 Å². The van der Waals surface area contributed by atoms with Gasteiger partial charge in [0, 0.05) is 37.9 Å². The number of rotatable bonds is 6. The molecule has 2 bridgehead atoms. The lowest BCUT2D eigenvalue weighted by Crippen LogP contribution is -2.39. The van der Waals surface area contributed by atoms with E-state index >= 15 is 0 Å². The van der Waals surface area contributed by atoms with E-state index in [9.17, 15) is 9.59 Å². The number of nitrogens with zero attached hydrogens (tertiary/aromatic N) is 4. The fourth-order valence-electron chi connectivity index (χ4n) is 4.88. The summed E-state index contributed by atoms with van der Waals surface area (Å²) >= 11 is 1.60. The molecule has 5 rings (SSSR count). The van der Waals surface area contributed by atoms with Crippen molar-refractivity contribution in [3.8, 4) is 0 Å². The Labute approximate surface area is 172 Å². The van der Waals surface area contributed by atoms with Gasteiger partial charge in [-0.15, -0.1) is 11.3 Å². The standard InChI is InChI=1S/C20H24N6O2S/c1-21-19(23-10-14-11-25-7-8-29-20(25)24-14)22-5-2-6-26-17(27)15-12-3-4-13(9-12)16(15)18(26)28/h3-4,7-8,11-13,15-16H,2,5-6,9-10H2,1H3,(H2,21,22,23). The lowest BCUT2D eigenvalue weighted by atomic mass is 9.85. The van der Waals surface area contributed by atoms with Crippen molar-refractivity contribution in [1.82, 2.24) is 24.9 Å². The van der Waals surface area contributed by atoms with Crippen LogP contribution in [0.4, 0.5) is 0 Å². The molecule has 1 saturated heterocycles. The Kier molecular flexibility index (Phi) is 4.61. The summed E-state index contributed by atoms with van der Waals surface area (Å²) in [5.41, 5.74) is 0.947. The van der Waals surface area contributed by atoms with Crippen LogP contribution in [0, 0.1) is 23.7 Å².